The lowest BCUT2D eigenvalue weighted by Gasteiger charge is -2.11. The summed E-state index contributed by atoms with van der Waals surface area (Å²) in [4.78, 5) is 25.2. The maximum absolute atomic E-state index is 12.9. The highest BCUT2D eigenvalue weighted by molar-refractivity contribution is 5.96. The second-order valence-electron chi connectivity index (χ2n) is 12.2. The van der Waals surface area contributed by atoms with Gasteiger partial charge in [-0.05, 0) is 79.5 Å². The summed E-state index contributed by atoms with van der Waals surface area (Å²) in [7, 11) is 0. The second kappa shape index (κ2) is 18.0. The van der Waals surface area contributed by atoms with Crippen LogP contribution in [0.1, 0.15) is 81.5 Å². The molecule has 5 aromatic carbocycles. The summed E-state index contributed by atoms with van der Waals surface area (Å²) in [6.45, 7) is 8.03. The molecule has 0 fully saturated rings. The van der Waals surface area contributed by atoms with Gasteiger partial charge in [-0.2, -0.15) is 0 Å². The number of rotatable bonds is 18. The first-order valence-electron chi connectivity index (χ1n) is 17.1. The summed E-state index contributed by atoms with van der Waals surface area (Å²) in [5.74, 6) is 0.369. The highest BCUT2D eigenvalue weighted by Gasteiger charge is 2.09. The molecule has 4 nitrogen and oxygen atoms in total. The number of carbonyl (C=O) groups is 2. The average molecular weight is 645 g/mol. The fourth-order valence-corrected chi connectivity index (χ4v) is 5.72. The summed E-state index contributed by atoms with van der Waals surface area (Å²) < 4.78 is 0. The number of carbonyl (C=O) groups excluding carboxylic acids is 2. The molecule has 4 heteroatoms. The molecule has 5 rings (SSSR count). The molecule has 0 amide bonds. The minimum absolute atomic E-state index is 0.161. The van der Waals surface area contributed by atoms with Gasteiger partial charge < -0.3 is 10.6 Å². The van der Waals surface area contributed by atoms with E-state index in [1.165, 1.54) is 11.1 Å². The maximum Gasteiger partial charge on any atom is 0.162 e. The number of ketones is 2. The van der Waals surface area contributed by atoms with Crippen LogP contribution in [-0.2, 0) is 12.8 Å². The molecule has 0 saturated carbocycles. The van der Waals surface area contributed by atoms with Crippen LogP contribution in [0.25, 0.3) is 11.4 Å². The number of hydrogen-bond donors (Lipinski definition) is 2. The molecule has 0 aliphatic carbocycles. The Bertz CT molecular complexity index is 1870. The van der Waals surface area contributed by atoms with Crippen molar-refractivity contribution in [2.24, 2.45) is 0 Å². The third-order valence-corrected chi connectivity index (χ3v) is 8.60. The van der Waals surface area contributed by atoms with Gasteiger partial charge in [0, 0.05) is 46.6 Å². The van der Waals surface area contributed by atoms with Gasteiger partial charge >= 0.3 is 0 Å². The number of anilines is 2. The topological polar surface area (TPSA) is 58.2 Å². The highest BCUT2D eigenvalue weighted by atomic mass is 16.1. The third-order valence-electron chi connectivity index (χ3n) is 8.60. The van der Waals surface area contributed by atoms with E-state index in [-0.39, 0.29) is 11.6 Å². The Morgan fingerprint density at radius 2 is 0.918 bits per heavy atom. The number of Topliss-reactive ketones (excluding diaryl/α,β-unsaturated/α-hetero) is 2. The lowest BCUT2D eigenvalue weighted by molar-refractivity contribution is 0.0971. The normalized spacial score (nSPS) is 10.5. The van der Waals surface area contributed by atoms with Gasteiger partial charge in [-0.25, -0.2) is 0 Å². The molecule has 0 saturated heterocycles. The molecule has 0 spiro atoms. The van der Waals surface area contributed by atoms with Gasteiger partial charge in [0.15, 0.2) is 11.6 Å². The van der Waals surface area contributed by atoms with Crippen LogP contribution in [0.4, 0.5) is 11.4 Å². The Morgan fingerprint density at radius 3 is 1.41 bits per heavy atom. The van der Waals surface area contributed by atoms with Crippen LogP contribution in [0.15, 0.2) is 152 Å². The van der Waals surface area contributed by atoms with Crippen LogP contribution in [0.5, 0.6) is 0 Å². The van der Waals surface area contributed by atoms with Crippen LogP contribution < -0.4 is 10.6 Å². The van der Waals surface area contributed by atoms with E-state index >= 15 is 0 Å². The van der Waals surface area contributed by atoms with Crippen LogP contribution in [0.3, 0.4) is 0 Å². The highest BCUT2D eigenvalue weighted by Crippen LogP contribution is 2.22. The number of aryl methyl sites for hydroxylation is 2. The van der Waals surface area contributed by atoms with E-state index < -0.39 is 0 Å². The van der Waals surface area contributed by atoms with Crippen molar-refractivity contribution in [3.63, 3.8) is 0 Å². The largest absolute Gasteiger partial charge is 0.356 e. The van der Waals surface area contributed by atoms with Crippen molar-refractivity contribution in [1.29, 1.82) is 0 Å². The van der Waals surface area contributed by atoms with Crippen molar-refractivity contribution >= 4 is 34.3 Å². The molecule has 2 N–H and O–H groups in total. The van der Waals surface area contributed by atoms with E-state index in [0.29, 0.717) is 12.8 Å². The zero-order valence-corrected chi connectivity index (χ0v) is 28.1. The molecule has 0 atom stereocenters. The van der Waals surface area contributed by atoms with E-state index in [1.807, 2.05) is 84.9 Å². The Balaban J connectivity index is 0.993. The van der Waals surface area contributed by atoms with Crippen LogP contribution in [0, 0.1) is 0 Å². The van der Waals surface area contributed by atoms with Gasteiger partial charge in [0.1, 0.15) is 0 Å². The molecule has 0 bridgehead atoms. The first kappa shape index (κ1) is 34.6. The molecule has 0 aromatic heterocycles. The molecule has 5 aromatic rings. The van der Waals surface area contributed by atoms with Gasteiger partial charge in [-0.1, -0.05) is 122 Å². The van der Waals surface area contributed by atoms with Gasteiger partial charge in [-0.15, -0.1) is 5.73 Å². The van der Waals surface area contributed by atoms with E-state index in [1.54, 1.807) is 0 Å². The van der Waals surface area contributed by atoms with Crippen molar-refractivity contribution in [1.82, 2.24) is 0 Å². The summed E-state index contributed by atoms with van der Waals surface area (Å²) in [6.07, 6.45) is 6.61. The fraction of sp³-hybridized carbons (Fsp3) is 0.178. The molecule has 0 heterocycles. The Hall–Kier alpha value is -5.70. The van der Waals surface area contributed by atoms with Gasteiger partial charge in [0.05, 0.1) is 5.70 Å². The van der Waals surface area contributed by atoms with Crippen molar-refractivity contribution in [3.05, 3.63) is 186 Å². The third kappa shape index (κ3) is 10.7. The summed E-state index contributed by atoms with van der Waals surface area (Å²) in [6, 6.07) is 44.0. The average Bonchev–Trinajstić information content (AvgIpc) is 3.16. The molecule has 49 heavy (non-hydrogen) atoms. The van der Waals surface area contributed by atoms with Crippen molar-refractivity contribution in [3.8, 4) is 0 Å². The van der Waals surface area contributed by atoms with Crippen molar-refractivity contribution in [2.45, 2.75) is 51.4 Å². The Labute approximate surface area is 290 Å². The first-order valence-corrected chi connectivity index (χ1v) is 17.1. The number of unbranched alkanes of at least 4 members (excludes halogenated alkanes) is 2. The summed E-state index contributed by atoms with van der Waals surface area (Å²) in [5, 5.41) is 6.77. The van der Waals surface area contributed by atoms with E-state index in [0.717, 1.165) is 83.5 Å². The van der Waals surface area contributed by atoms with Crippen molar-refractivity contribution < 1.29 is 9.59 Å². The van der Waals surface area contributed by atoms with Gasteiger partial charge in [0.2, 0.25) is 0 Å². The lowest BCUT2D eigenvalue weighted by atomic mass is 10.0. The predicted octanol–water partition coefficient (Wildman–Crippen LogP) is 11.2. The molecular weight excluding hydrogens is 601 g/mol. The minimum Gasteiger partial charge on any atom is -0.356 e. The lowest BCUT2D eigenvalue weighted by Crippen LogP contribution is -2.02. The molecule has 246 valence electrons. The first-order chi connectivity index (χ1) is 24.0. The fourth-order valence-electron chi connectivity index (χ4n) is 5.72. The zero-order valence-electron chi connectivity index (χ0n) is 28.1. The summed E-state index contributed by atoms with van der Waals surface area (Å²) >= 11 is 0. The number of hydrogen-bond acceptors (Lipinski definition) is 4. The van der Waals surface area contributed by atoms with Crippen LogP contribution in [-0.4, -0.2) is 11.6 Å². The molecule has 0 aliphatic rings. The number of benzene rings is 5. The Kier molecular flexibility index (Phi) is 12.7. The molecule has 0 unspecified atom stereocenters. The van der Waals surface area contributed by atoms with E-state index in [4.69, 9.17) is 0 Å². The maximum atomic E-state index is 12.9. The predicted molar refractivity (Wildman–Crippen MR) is 205 cm³/mol. The van der Waals surface area contributed by atoms with E-state index in [2.05, 4.69) is 78.1 Å². The SMILES string of the molecule is C=C=C(Nc1ccc(CCCCC(=O)c2ccc(C(=C)Nc3ccc(CCCCC(=O)c4ccccc4)cc3)cc2)cc1)c1ccccc1. The summed E-state index contributed by atoms with van der Waals surface area (Å²) in [5.41, 5.74) is 12.6. The molecular formula is C45H44N2O2. The van der Waals surface area contributed by atoms with Crippen LogP contribution in [0.2, 0.25) is 0 Å². The zero-order chi connectivity index (χ0) is 34.3. The second-order valence-corrected chi connectivity index (χ2v) is 12.2. The quantitative estimate of drug-likeness (QED) is 0.0566. The van der Waals surface area contributed by atoms with Crippen molar-refractivity contribution in [2.75, 3.05) is 10.6 Å². The van der Waals surface area contributed by atoms with Gasteiger partial charge in [0.25, 0.3) is 0 Å². The van der Waals surface area contributed by atoms with Crippen LogP contribution >= 0.6 is 0 Å². The standard InChI is InChI=1S/C45H44N2O2/c1-3-43(38-16-6-4-7-17-38)47-42-32-24-36(25-33-42)15-11-13-21-45(49)40-28-26-37(27-29-40)34(2)46-41-30-22-35(23-31-41)14-10-12-20-44(48)39-18-8-5-9-19-39/h4-9,16-19,22-33,46-47H,1-2,10-15,20-21H2. The monoisotopic (exact) mass is 644 g/mol. The smallest absolute Gasteiger partial charge is 0.162 e. The minimum atomic E-state index is 0.161. The molecule has 0 radical (unpaired) electrons. The van der Waals surface area contributed by atoms with Gasteiger partial charge in [-0.3, -0.25) is 9.59 Å². The van der Waals surface area contributed by atoms with E-state index in [9.17, 15) is 9.59 Å². The number of nitrogens with one attached hydrogen (secondary N) is 2. The Morgan fingerprint density at radius 1 is 0.490 bits per heavy atom. The molecule has 0 aliphatic heterocycles.